The van der Waals surface area contributed by atoms with Crippen LogP contribution < -0.4 is 10.2 Å². The Labute approximate surface area is 121 Å². The average molecular weight is 272 g/mol. The summed E-state index contributed by atoms with van der Waals surface area (Å²) in [5, 5.41) is 3.04. The van der Waals surface area contributed by atoms with Gasteiger partial charge in [-0.1, -0.05) is 12.1 Å². The van der Waals surface area contributed by atoms with Gasteiger partial charge in [0.25, 0.3) is 0 Å². The fraction of sp³-hybridized carbons (Fsp3) is 0.588. The molecule has 1 heterocycles. The molecule has 1 aliphatic carbocycles. The molecule has 0 radical (unpaired) electrons. The van der Waals surface area contributed by atoms with Crippen molar-refractivity contribution in [1.82, 2.24) is 5.32 Å². The predicted molar refractivity (Wildman–Crippen MR) is 82.0 cm³/mol. The second-order valence-electron chi connectivity index (χ2n) is 6.06. The highest BCUT2D eigenvalue weighted by molar-refractivity contribution is 5.76. The zero-order valence-corrected chi connectivity index (χ0v) is 12.1. The number of hydrogen-bond acceptors (Lipinski definition) is 2. The number of benzene rings is 1. The standard InChI is InChI=1S/C17H24N2O/c20-17(18-15-7-8-15)11-6-14-4-9-16(10-5-14)19-12-2-1-3-13-19/h4-5,9-10,15H,1-3,6-8,11-13H2,(H,18,20). The Morgan fingerprint density at radius 2 is 1.80 bits per heavy atom. The summed E-state index contributed by atoms with van der Waals surface area (Å²) in [7, 11) is 0. The highest BCUT2D eigenvalue weighted by Gasteiger charge is 2.22. The molecule has 108 valence electrons. The minimum absolute atomic E-state index is 0.201. The highest BCUT2D eigenvalue weighted by atomic mass is 16.1. The maximum atomic E-state index is 11.7. The fourth-order valence-electron chi connectivity index (χ4n) is 2.81. The van der Waals surface area contributed by atoms with Gasteiger partial charge in [0.05, 0.1) is 0 Å². The van der Waals surface area contributed by atoms with Crippen molar-refractivity contribution >= 4 is 11.6 Å². The molecule has 1 aromatic rings. The molecular formula is C17H24N2O. The van der Waals surface area contributed by atoms with Crippen molar-refractivity contribution in [1.29, 1.82) is 0 Å². The lowest BCUT2D eigenvalue weighted by Gasteiger charge is -2.28. The van der Waals surface area contributed by atoms with Crippen molar-refractivity contribution in [2.75, 3.05) is 18.0 Å². The number of piperidine rings is 1. The first kappa shape index (κ1) is 13.5. The van der Waals surface area contributed by atoms with Crippen molar-refractivity contribution in [3.05, 3.63) is 29.8 Å². The molecule has 1 aromatic carbocycles. The van der Waals surface area contributed by atoms with E-state index >= 15 is 0 Å². The van der Waals surface area contributed by atoms with Crippen LogP contribution in [0.1, 0.15) is 44.1 Å². The van der Waals surface area contributed by atoms with Crippen molar-refractivity contribution < 1.29 is 4.79 Å². The number of nitrogens with one attached hydrogen (secondary N) is 1. The Hall–Kier alpha value is -1.51. The second-order valence-corrected chi connectivity index (χ2v) is 6.06. The van der Waals surface area contributed by atoms with Gasteiger partial charge >= 0.3 is 0 Å². The van der Waals surface area contributed by atoms with Crippen LogP contribution in [0.15, 0.2) is 24.3 Å². The molecule has 1 aliphatic heterocycles. The third kappa shape index (κ3) is 3.75. The van der Waals surface area contributed by atoms with Crippen LogP contribution in [0.3, 0.4) is 0 Å². The molecule has 3 nitrogen and oxygen atoms in total. The van der Waals surface area contributed by atoms with Gasteiger partial charge in [-0.15, -0.1) is 0 Å². The normalized spacial score (nSPS) is 18.9. The molecule has 1 saturated heterocycles. The monoisotopic (exact) mass is 272 g/mol. The molecule has 1 saturated carbocycles. The van der Waals surface area contributed by atoms with E-state index in [9.17, 15) is 4.79 Å². The van der Waals surface area contributed by atoms with E-state index in [-0.39, 0.29) is 5.91 Å². The Balaban J connectivity index is 1.48. The van der Waals surface area contributed by atoms with Crippen LogP contribution in [0.25, 0.3) is 0 Å². The van der Waals surface area contributed by atoms with Crippen LogP contribution in [0.2, 0.25) is 0 Å². The maximum absolute atomic E-state index is 11.7. The second kappa shape index (κ2) is 6.29. The Kier molecular flexibility index (Phi) is 4.24. The zero-order chi connectivity index (χ0) is 13.8. The summed E-state index contributed by atoms with van der Waals surface area (Å²) < 4.78 is 0. The molecule has 0 bridgehead atoms. The summed E-state index contributed by atoms with van der Waals surface area (Å²) in [5.74, 6) is 0.201. The van der Waals surface area contributed by atoms with Gasteiger partial charge in [-0.2, -0.15) is 0 Å². The largest absolute Gasteiger partial charge is 0.372 e. The Bertz CT molecular complexity index is 445. The first-order valence-electron chi connectivity index (χ1n) is 7.94. The number of carbonyl (C=O) groups excluding carboxylic acids is 1. The van der Waals surface area contributed by atoms with E-state index in [4.69, 9.17) is 0 Å². The van der Waals surface area contributed by atoms with E-state index in [0.29, 0.717) is 12.5 Å². The maximum Gasteiger partial charge on any atom is 0.220 e. The zero-order valence-electron chi connectivity index (χ0n) is 12.1. The van der Waals surface area contributed by atoms with Gasteiger partial charge in [-0.3, -0.25) is 4.79 Å². The lowest BCUT2D eigenvalue weighted by atomic mass is 10.1. The minimum atomic E-state index is 0.201. The smallest absolute Gasteiger partial charge is 0.220 e. The van der Waals surface area contributed by atoms with Crippen LogP contribution in [-0.4, -0.2) is 25.0 Å². The highest BCUT2D eigenvalue weighted by Crippen LogP contribution is 2.21. The molecule has 0 atom stereocenters. The van der Waals surface area contributed by atoms with E-state index in [0.717, 1.165) is 19.3 Å². The molecule has 3 rings (SSSR count). The molecule has 0 unspecified atom stereocenters. The first-order chi connectivity index (χ1) is 9.81. The molecule has 1 amide bonds. The van der Waals surface area contributed by atoms with Crippen molar-refractivity contribution in [2.45, 2.75) is 51.0 Å². The van der Waals surface area contributed by atoms with Crippen molar-refractivity contribution in [3.8, 4) is 0 Å². The molecule has 0 spiro atoms. The molecule has 20 heavy (non-hydrogen) atoms. The van der Waals surface area contributed by atoms with Crippen LogP contribution in [-0.2, 0) is 11.2 Å². The summed E-state index contributed by atoms with van der Waals surface area (Å²) in [4.78, 5) is 14.1. The van der Waals surface area contributed by atoms with Gasteiger partial charge in [0.2, 0.25) is 5.91 Å². The van der Waals surface area contributed by atoms with Crippen LogP contribution in [0.5, 0.6) is 0 Å². The van der Waals surface area contributed by atoms with Gasteiger partial charge in [-0.05, 0) is 56.2 Å². The fourth-order valence-corrected chi connectivity index (χ4v) is 2.81. The summed E-state index contributed by atoms with van der Waals surface area (Å²) in [6.07, 6.45) is 7.77. The van der Waals surface area contributed by atoms with Gasteiger partial charge in [0.1, 0.15) is 0 Å². The predicted octanol–water partition coefficient (Wildman–Crippen LogP) is 2.89. The average Bonchev–Trinajstić information content (AvgIpc) is 3.31. The quantitative estimate of drug-likeness (QED) is 0.894. The Morgan fingerprint density at radius 1 is 1.10 bits per heavy atom. The van der Waals surface area contributed by atoms with Gasteiger partial charge in [-0.25, -0.2) is 0 Å². The van der Waals surface area contributed by atoms with Gasteiger partial charge < -0.3 is 10.2 Å². The number of anilines is 1. The minimum Gasteiger partial charge on any atom is -0.372 e. The van der Waals surface area contributed by atoms with E-state index < -0.39 is 0 Å². The topological polar surface area (TPSA) is 32.3 Å². The third-order valence-electron chi connectivity index (χ3n) is 4.24. The molecule has 0 aromatic heterocycles. The summed E-state index contributed by atoms with van der Waals surface area (Å²) in [6, 6.07) is 9.24. The number of rotatable bonds is 5. The Morgan fingerprint density at radius 3 is 2.45 bits per heavy atom. The van der Waals surface area contributed by atoms with Crippen LogP contribution >= 0.6 is 0 Å². The summed E-state index contributed by atoms with van der Waals surface area (Å²) in [6.45, 7) is 2.37. The summed E-state index contributed by atoms with van der Waals surface area (Å²) in [5.41, 5.74) is 2.59. The van der Waals surface area contributed by atoms with Crippen LogP contribution in [0.4, 0.5) is 5.69 Å². The number of nitrogens with zero attached hydrogens (tertiary/aromatic N) is 1. The number of carbonyl (C=O) groups is 1. The van der Waals surface area contributed by atoms with E-state index in [1.807, 2.05) is 0 Å². The molecule has 2 fully saturated rings. The molecule has 2 aliphatic rings. The van der Waals surface area contributed by atoms with Crippen molar-refractivity contribution in [2.24, 2.45) is 0 Å². The first-order valence-corrected chi connectivity index (χ1v) is 7.94. The van der Waals surface area contributed by atoms with E-state index in [1.165, 1.54) is 43.6 Å². The molecule has 1 N–H and O–H groups in total. The third-order valence-corrected chi connectivity index (χ3v) is 4.24. The SMILES string of the molecule is O=C(CCc1ccc(N2CCCCC2)cc1)NC1CC1. The summed E-state index contributed by atoms with van der Waals surface area (Å²) >= 11 is 0. The van der Waals surface area contributed by atoms with E-state index in [1.54, 1.807) is 0 Å². The van der Waals surface area contributed by atoms with Gasteiger partial charge in [0, 0.05) is 31.2 Å². The number of amides is 1. The van der Waals surface area contributed by atoms with Crippen molar-refractivity contribution in [3.63, 3.8) is 0 Å². The number of aryl methyl sites for hydroxylation is 1. The lowest BCUT2D eigenvalue weighted by molar-refractivity contribution is -0.121. The molecular weight excluding hydrogens is 248 g/mol. The van der Waals surface area contributed by atoms with E-state index in [2.05, 4.69) is 34.5 Å². The van der Waals surface area contributed by atoms with Crippen LogP contribution in [0, 0.1) is 0 Å². The number of hydrogen-bond donors (Lipinski definition) is 1. The lowest BCUT2D eigenvalue weighted by Crippen LogP contribution is -2.29. The molecule has 3 heteroatoms. The van der Waals surface area contributed by atoms with Gasteiger partial charge in [0.15, 0.2) is 0 Å².